The molecule has 2 nitrogen and oxygen atoms in total. The summed E-state index contributed by atoms with van der Waals surface area (Å²) in [4.78, 5) is 11.7. The van der Waals surface area contributed by atoms with Crippen molar-refractivity contribution < 1.29 is 4.79 Å². The lowest BCUT2D eigenvalue weighted by Gasteiger charge is -2.10. The summed E-state index contributed by atoms with van der Waals surface area (Å²) in [6.07, 6.45) is 9.98. The fraction of sp³-hybridized carbons (Fsp3) is 0.750. The van der Waals surface area contributed by atoms with Crippen molar-refractivity contribution in [1.29, 1.82) is 0 Å². The van der Waals surface area contributed by atoms with E-state index in [9.17, 15) is 4.79 Å². The first-order valence-electron chi connectivity index (χ1n) is 5.71. The molecule has 0 aliphatic heterocycles. The zero-order valence-corrected chi connectivity index (χ0v) is 9.14. The van der Waals surface area contributed by atoms with Crippen LogP contribution in [0.1, 0.15) is 44.9 Å². The third-order valence-electron chi connectivity index (χ3n) is 2.75. The van der Waals surface area contributed by atoms with Crippen LogP contribution in [0.4, 0.5) is 0 Å². The Hall–Kier alpha value is -0.630. The van der Waals surface area contributed by atoms with Gasteiger partial charge in [0.05, 0.1) is 0 Å². The molecule has 0 atom stereocenters. The van der Waals surface area contributed by atoms with Crippen LogP contribution in [0.15, 0.2) is 11.6 Å². The lowest BCUT2D eigenvalue weighted by atomic mass is 9.96. The Balaban J connectivity index is 2.42. The first kappa shape index (κ1) is 11.4. The maximum atomic E-state index is 11.7. The number of rotatable bonds is 4. The number of nitrogens with one attached hydrogen (secondary N) is 1. The molecular weight excluding hydrogens is 174 g/mol. The number of hydrogen-bond acceptors (Lipinski definition) is 2. The van der Waals surface area contributed by atoms with Gasteiger partial charge in [-0.15, -0.1) is 0 Å². The molecule has 0 spiro atoms. The van der Waals surface area contributed by atoms with Crippen LogP contribution < -0.4 is 5.32 Å². The van der Waals surface area contributed by atoms with Crippen LogP contribution in [-0.4, -0.2) is 19.4 Å². The largest absolute Gasteiger partial charge is 0.319 e. The van der Waals surface area contributed by atoms with Gasteiger partial charge < -0.3 is 5.32 Å². The Morgan fingerprint density at radius 3 is 2.93 bits per heavy atom. The molecule has 1 N–H and O–H groups in total. The Kier molecular flexibility index (Phi) is 5.53. The van der Waals surface area contributed by atoms with Gasteiger partial charge in [-0.2, -0.15) is 0 Å². The number of hydrogen-bond donors (Lipinski definition) is 1. The summed E-state index contributed by atoms with van der Waals surface area (Å²) in [5.74, 6) is 0.348. The van der Waals surface area contributed by atoms with Gasteiger partial charge in [0.2, 0.25) is 0 Å². The van der Waals surface area contributed by atoms with Crippen LogP contribution in [0.3, 0.4) is 0 Å². The fourth-order valence-corrected chi connectivity index (χ4v) is 1.84. The molecule has 0 heterocycles. The molecule has 1 aliphatic rings. The maximum Gasteiger partial charge on any atom is 0.159 e. The summed E-state index contributed by atoms with van der Waals surface area (Å²) in [6, 6.07) is 0. The number of ketones is 1. The van der Waals surface area contributed by atoms with Gasteiger partial charge >= 0.3 is 0 Å². The Labute approximate surface area is 86.8 Å². The average molecular weight is 195 g/mol. The van der Waals surface area contributed by atoms with Gasteiger partial charge in [0.25, 0.3) is 0 Å². The van der Waals surface area contributed by atoms with Gasteiger partial charge in [-0.1, -0.05) is 18.9 Å². The molecule has 14 heavy (non-hydrogen) atoms. The van der Waals surface area contributed by atoms with Crippen LogP contribution in [0.2, 0.25) is 0 Å². The van der Waals surface area contributed by atoms with E-state index < -0.39 is 0 Å². The van der Waals surface area contributed by atoms with Crippen LogP contribution in [-0.2, 0) is 4.79 Å². The number of Topliss-reactive ketones (excluding diaryl/α,β-unsaturated/α-hetero) is 1. The highest BCUT2D eigenvalue weighted by Crippen LogP contribution is 2.18. The zero-order chi connectivity index (χ0) is 10.2. The normalized spacial score (nSPS) is 18.2. The molecule has 80 valence electrons. The molecule has 0 saturated heterocycles. The zero-order valence-electron chi connectivity index (χ0n) is 9.14. The average Bonchev–Trinajstić information content (AvgIpc) is 2.13. The monoisotopic (exact) mass is 195 g/mol. The standard InChI is InChI=1S/C12H21NO/c1-13-10-9-12(14)11-7-5-3-2-4-6-8-11/h7,13H,2-6,8-10H2,1H3. The molecule has 0 fully saturated rings. The quantitative estimate of drug-likeness (QED) is 0.746. The Morgan fingerprint density at radius 1 is 1.36 bits per heavy atom. The molecule has 0 radical (unpaired) electrons. The Morgan fingerprint density at radius 2 is 2.14 bits per heavy atom. The summed E-state index contributed by atoms with van der Waals surface area (Å²) >= 11 is 0. The molecule has 1 aliphatic carbocycles. The van der Waals surface area contributed by atoms with Crippen LogP contribution in [0.25, 0.3) is 0 Å². The third kappa shape index (κ3) is 4.05. The Bertz CT molecular complexity index is 208. The van der Waals surface area contributed by atoms with E-state index in [0.29, 0.717) is 12.2 Å². The van der Waals surface area contributed by atoms with Gasteiger partial charge in [-0.3, -0.25) is 4.79 Å². The molecule has 0 bridgehead atoms. The van der Waals surface area contributed by atoms with Crippen molar-refractivity contribution in [2.24, 2.45) is 0 Å². The minimum absolute atomic E-state index is 0.348. The fourth-order valence-electron chi connectivity index (χ4n) is 1.84. The molecular formula is C12H21NO. The number of allylic oxidation sites excluding steroid dienone is 2. The van der Waals surface area contributed by atoms with E-state index in [1.165, 1.54) is 25.7 Å². The second-order valence-corrected chi connectivity index (χ2v) is 3.96. The topological polar surface area (TPSA) is 29.1 Å². The number of carbonyl (C=O) groups excluding carboxylic acids is 1. The second-order valence-electron chi connectivity index (χ2n) is 3.96. The van der Waals surface area contributed by atoms with Crippen molar-refractivity contribution in [3.63, 3.8) is 0 Å². The summed E-state index contributed by atoms with van der Waals surface area (Å²) in [5, 5.41) is 3.02. The van der Waals surface area contributed by atoms with E-state index in [2.05, 4.69) is 11.4 Å². The van der Waals surface area contributed by atoms with Crippen molar-refractivity contribution in [2.45, 2.75) is 44.9 Å². The van der Waals surface area contributed by atoms with E-state index in [4.69, 9.17) is 0 Å². The molecule has 2 heteroatoms. The highest BCUT2D eigenvalue weighted by atomic mass is 16.1. The first-order valence-corrected chi connectivity index (χ1v) is 5.71. The molecule has 0 aromatic carbocycles. The van der Waals surface area contributed by atoms with Crippen LogP contribution >= 0.6 is 0 Å². The van der Waals surface area contributed by atoms with Crippen molar-refractivity contribution >= 4 is 5.78 Å². The van der Waals surface area contributed by atoms with Crippen molar-refractivity contribution in [2.75, 3.05) is 13.6 Å². The van der Waals surface area contributed by atoms with Crippen LogP contribution in [0, 0.1) is 0 Å². The van der Waals surface area contributed by atoms with Crippen LogP contribution in [0.5, 0.6) is 0 Å². The molecule has 0 unspecified atom stereocenters. The first-order chi connectivity index (χ1) is 6.84. The summed E-state index contributed by atoms with van der Waals surface area (Å²) < 4.78 is 0. The molecule has 0 aromatic rings. The summed E-state index contributed by atoms with van der Waals surface area (Å²) in [5.41, 5.74) is 1.08. The minimum Gasteiger partial charge on any atom is -0.319 e. The van der Waals surface area contributed by atoms with Gasteiger partial charge in [0.15, 0.2) is 5.78 Å². The lowest BCUT2D eigenvalue weighted by molar-refractivity contribution is -0.115. The summed E-state index contributed by atoms with van der Waals surface area (Å²) in [7, 11) is 1.89. The molecule has 1 rings (SSSR count). The third-order valence-corrected chi connectivity index (χ3v) is 2.75. The van der Waals surface area contributed by atoms with Gasteiger partial charge in [-0.25, -0.2) is 0 Å². The van der Waals surface area contributed by atoms with Gasteiger partial charge in [-0.05, 0) is 38.3 Å². The minimum atomic E-state index is 0.348. The van der Waals surface area contributed by atoms with Gasteiger partial charge in [0, 0.05) is 13.0 Å². The predicted octanol–water partition coefficient (Wildman–Crippen LogP) is 2.45. The lowest BCUT2D eigenvalue weighted by Crippen LogP contribution is -2.14. The van der Waals surface area contributed by atoms with E-state index >= 15 is 0 Å². The van der Waals surface area contributed by atoms with Gasteiger partial charge in [0.1, 0.15) is 0 Å². The van der Waals surface area contributed by atoms with Crippen molar-refractivity contribution in [1.82, 2.24) is 5.32 Å². The van der Waals surface area contributed by atoms with E-state index in [-0.39, 0.29) is 0 Å². The highest BCUT2D eigenvalue weighted by molar-refractivity contribution is 5.95. The molecule has 0 amide bonds. The number of carbonyl (C=O) groups is 1. The predicted molar refractivity (Wildman–Crippen MR) is 59.3 cm³/mol. The molecule has 0 aromatic heterocycles. The SMILES string of the molecule is CNCCC(=O)C1=CCCCCCC1. The van der Waals surface area contributed by atoms with Crippen molar-refractivity contribution in [3.8, 4) is 0 Å². The molecule has 0 saturated carbocycles. The van der Waals surface area contributed by atoms with E-state index in [1.54, 1.807) is 0 Å². The smallest absolute Gasteiger partial charge is 0.159 e. The van der Waals surface area contributed by atoms with Crippen molar-refractivity contribution in [3.05, 3.63) is 11.6 Å². The highest BCUT2D eigenvalue weighted by Gasteiger charge is 2.09. The summed E-state index contributed by atoms with van der Waals surface area (Å²) in [6.45, 7) is 0.802. The maximum absolute atomic E-state index is 11.7. The van der Waals surface area contributed by atoms with E-state index in [1.807, 2.05) is 7.05 Å². The van der Waals surface area contributed by atoms with E-state index in [0.717, 1.165) is 25.0 Å². The second kappa shape index (κ2) is 6.77.